The van der Waals surface area contributed by atoms with Crippen LogP contribution in [0.25, 0.3) is 0 Å². The SMILES string of the molecule is Cc1ccccc1N1C(=O)c2ccc(C(=O)OCC(C)C)cc2C1=O. The topological polar surface area (TPSA) is 63.7 Å². The third-order valence-electron chi connectivity index (χ3n) is 4.03. The van der Waals surface area contributed by atoms with Gasteiger partial charge in [0.15, 0.2) is 0 Å². The summed E-state index contributed by atoms with van der Waals surface area (Å²) < 4.78 is 5.19. The maximum absolute atomic E-state index is 12.8. The molecule has 0 bridgehead atoms. The molecule has 25 heavy (non-hydrogen) atoms. The molecule has 0 radical (unpaired) electrons. The number of aryl methyl sites for hydroxylation is 1. The Bertz CT molecular complexity index is 870. The van der Waals surface area contributed by atoms with Gasteiger partial charge in [0.1, 0.15) is 0 Å². The maximum atomic E-state index is 12.8. The van der Waals surface area contributed by atoms with Crippen molar-refractivity contribution in [2.75, 3.05) is 11.5 Å². The van der Waals surface area contributed by atoms with E-state index in [9.17, 15) is 14.4 Å². The number of amides is 2. The van der Waals surface area contributed by atoms with Crippen LogP contribution in [-0.2, 0) is 4.74 Å². The Morgan fingerprint density at radius 3 is 2.40 bits per heavy atom. The van der Waals surface area contributed by atoms with Gasteiger partial charge in [-0.1, -0.05) is 32.0 Å². The molecule has 0 atom stereocenters. The van der Waals surface area contributed by atoms with Gasteiger partial charge in [0, 0.05) is 0 Å². The number of imide groups is 1. The third kappa shape index (κ3) is 3.05. The fraction of sp³-hybridized carbons (Fsp3) is 0.250. The first-order valence-corrected chi connectivity index (χ1v) is 8.15. The van der Waals surface area contributed by atoms with Crippen LogP contribution in [0.1, 0.15) is 50.5 Å². The van der Waals surface area contributed by atoms with Crippen LogP contribution < -0.4 is 4.90 Å². The number of fused-ring (bicyclic) bond motifs is 1. The molecule has 0 saturated heterocycles. The van der Waals surface area contributed by atoms with Crippen LogP contribution in [0.3, 0.4) is 0 Å². The number of benzene rings is 2. The standard InChI is InChI=1S/C20H19NO4/c1-12(2)11-25-20(24)14-8-9-15-16(10-14)19(23)21(18(15)22)17-7-5-4-6-13(17)3/h4-10,12H,11H2,1-3H3. The van der Waals surface area contributed by atoms with Crippen molar-refractivity contribution in [1.82, 2.24) is 0 Å². The second-order valence-corrected chi connectivity index (χ2v) is 6.48. The van der Waals surface area contributed by atoms with E-state index in [1.807, 2.05) is 32.9 Å². The first-order chi connectivity index (χ1) is 11.9. The van der Waals surface area contributed by atoms with E-state index in [0.717, 1.165) is 10.5 Å². The van der Waals surface area contributed by atoms with Gasteiger partial charge in [-0.15, -0.1) is 0 Å². The smallest absolute Gasteiger partial charge is 0.338 e. The van der Waals surface area contributed by atoms with Gasteiger partial charge in [-0.25, -0.2) is 9.69 Å². The number of ether oxygens (including phenoxy) is 1. The third-order valence-corrected chi connectivity index (χ3v) is 4.03. The van der Waals surface area contributed by atoms with Crippen LogP contribution >= 0.6 is 0 Å². The molecule has 0 unspecified atom stereocenters. The number of carbonyl (C=O) groups is 3. The number of nitrogens with zero attached hydrogens (tertiary/aromatic N) is 1. The molecule has 2 amide bonds. The van der Waals surface area contributed by atoms with E-state index in [2.05, 4.69) is 0 Å². The summed E-state index contributed by atoms with van der Waals surface area (Å²) in [4.78, 5) is 38.7. The summed E-state index contributed by atoms with van der Waals surface area (Å²) in [5, 5.41) is 0. The largest absolute Gasteiger partial charge is 0.462 e. The zero-order chi connectivity index (χ0) is 18.1. The van der Waals surface area contributed by atoms with Crippen LogP contribution in [0.15, 0.2) is 42.5 Å². The first kappa shape index (κ1) is 16.9. The van der Waals surface area contributed by atoms with E-state index in [0.29, 0.717) is 17.9 Å². The number of rotatable bonds is 4. The Morgan fingerprint density at radius 1 is 1.04 bits per heavy atom. The van der Waals surface area contributed by atoms with Crippen molar-refractivity contribution in [2.45, 2.75) is 20.8 Å². The number of esters is 1. The van der Waals surface area contributed by atoms with Crippen molar-refractivity contribution >= 4 is 23.5 Å². The van der Waals surface area contributed by atoms with E-state index in [-0.39, 0.29) is 23.0 Å². The predicted molar refractivity (Wildman–Crippen MR) is 93.9 cm³/mol. The van der Waals surface area contributed by atoms with E-state index >= 15 is 0 Å². The van der Waals surface area contributed by atoms with E-state index < -0.39 is 11.9 Å². The molecule has 128 valence electrons. The highest BCUT2D eigenvalue weighted by molar-refractivity contribution is 6.34. The van der Waals surface area contributed by atoms with Crippen molar-refractivity contribution in [3.05, 3.63) is 64.7 Å². The van der Waals surface area contributed by atoms with Crippen LogP contribution in [-0.4, -0.2) is 24.4 Å². The predicted octanol–water partition coefficient (Wildman–Crippen LogP) is 3.61. The van der Waals surface area contributed by atoms with Gasteiger partial charge in [0.05, 0.1) is 29.0 Å². The zero-order valence-electron chi connectivity index (χ0n) is 14.4. The average molecular weight is 337 g/mol. The number of anilines is 1. The van der Waals surface area contributed by atoms with E-state index in [1.165, 1.54) is 18.2 Å². The minimum atomic E-state index is -0.494. The highest BCUT2D eigenvalue weighted by Gasteiger charge is 2.37. The van der Waals surface area contributed by atoms with Crippen molar-refractivity contribution in [3.63, 3.8) is 0 Å². The van der Waals surface area contributed by atoms with Crippen molar-refractivity contribution in [3.8, 4) is 0 Å². The molecule has 0 N–H and O–H groups in total. The number of para-hydroxylation sites is 1. The lowest BCUT2D eigenvalue weighted by Crippen LogP contribution is -2.29. The first-order valence-electron chi connectivity index (χ1n) is 8.15. The maximum Gasteiger partial charge on any atom is 0.338 e. The monoisotopic (exact) mass is 337 g/mol. The molecule has 0 fully saturated rings. The second kappa shape index (κ2) is 6.51. The van der Waals surface area contributed by atoms with Crippen LogP contribution in [0, 0.1) is 12.8 Å². The normalized spacial score (nSPS) is 13.4. The molecule has 1 heterocycles. The van der Waals surface area contributed by atoms with Crippen molar-refractivity contribution < 1.29 is 19.1 Å². The fourth-order valence-corrected chi connectivity index (χ4v) is 2.73. The Hall–Kier alpha value is -2.95. The number of hydrogen-bond acceptors (Lipinski definition) is 4. The summed E-state index contributed by atoms with van der Waals surface area (Å²) in [5.41, 5.74) is 2.18. The quantitative estimate of drug-likeness (QED) is 0.631. The minimum absolute atomic E-state index is 0.220. The summed E-state index contributed by atoms with van der Waals surface area (Å²) in [6.45, 7) is 6.03. The molecular weight excluding hydrogens is 318 g/mol. The molecule has 1 aliphatic rings. The zero-order valence-corrected chi connectivity index (χ0v) is 14.4. The van der Waals surface area contributed by atoms with Crippen molar-refractivity contribution in [1.29, 1.82) is 0 Å². The average Bonchev–Trinajstić information content (AvgIpc) is 2.84. The number of hydrogen-bond donors (Lipinski definition) is 0. The molecule has 0 aromatic heterocycles. The molecule has 5 nitrogen and oxygen atoms in total. The van der Waals surface area contributed by atoms with Gasteiger partial charge in [0.2, 0.25) is 0 Å². The molecule has 5 heteroatoms. The molecule has 2 aromatic rings. The van der Waals surface area contributed by atoms with Crippen LogP contribution in [0.2, 0.25) is 0 Å². The van der Waals surface area contributed by atoms with Gasteiger partial charge < -0.3 is 4.74 Å². The van der Waals surface area contributed by atoms with Gasteiger partial charge in [-0.3, -0.25) is 9.59 Å². The van der Waals surface area contributed by atoms with E-state index in [1.54, 1.807) is 12.1 Å². The molecule has 2 aromatic carbocycles. The molecular formula is C20H19NO4. The molecule has 1 aliphatic heterocycles. The Kier molecular flexibility index (Phi) is 4.40. The Labute approximate surface area is 146 Å². The Morgan fingerprint density at radius 2 is 1.72 bits per heavy atom. The van der Waals surface area contributed by atoms with Gasteiger partial charge in [-0.2, -0.15) is 0 Å². The summed E-state index contributed by atoms with van der Waals surface area (Å²) >= 11 is 0. The molecule has 0 aliphatic carbocycles. The lowest BCUT2D eigenvalue weighted by atomic mass is 10.1. The summed E-state index contributed by atoms with van der Waals surface area (Å²) in [5.74, 6) is -1.08. The highest BCUT2D eigenvalue weighted by Crippen LogP contribution is 2.31. The second-order valence-electron chi connectivity index (χ2n) is 6.48. The summed E-state index contributed by atoms with van der Waals surface area (Å²) in [6.07, 6.45) is 0. The summed E-state index contributed by atoms with van der Waals surface area (Å²) in [6, 6.07) is 11.7. The number of carbonyl (C=O) groups excluding carboxylic acids is 3. The molecule has 0 saturated carbocycles. The summed E-state index contributed by atoms with van der Waals surface area (Å²) in [7, 11) is 0. The van der Waals surface area contributed by atoms with Gasteiger partial charge in [0.25, 0.3) is 11.8 Å². The lowest BCUT2D eigenvalue weighted by Gasteiger charge is -2.16. The van der Waals surface area contributed by atoms with E-state index in [4.69, 9.17) is 4.74 Å². The highest BCUT2D eigenvalue weighted by atomic mass is 16.5. The minimum Gasteiger partial charge on any atom is -0.462 e. The molecule has 3 rings (SSSR count). The van der Waals surface area contributed by atoms with Gasteiger partial charge >= 0.3 is 5.97 Å². The lowest BCUT2D eigenvalue weighted by molar-refractivity contribution is 0.0458. The fourth-order valence-electron chi connectivity index (χ4n) is 2.73. The Balaban J connectivity index is 1.93. The van der Waals surface area contributed by atoms with Crippen LogP contribution in [0.4, 0.5) is 5.69 Å². The van der Waals surface area contributed by atoms with Crippen LogP contribution in [0.5, 0.6) is 0 Å². The van der Waals surface area contributed by atoms with Gasteiger partial charge in [-0.05, 0) is 42.7 Å². The van der Waals surface area contributed by atoms with Crippen molar-refractivity contribution in [2.24, 2.45) is 5.92 Å². The molecule has 0 spiro atoms.